The predicted octanol–water partition coefficient (Wildman–Crippen LogP) is 2.83. The molecule has 1 aliphatic rings. The van der Waals surface area contributed by atoms with E-state index in [9.17, 15) is 5.11 Å². The zero-order valence-corrected chi connectivity index (χ0v) is 18.4. The van der Waals surface area contributed by atoms with Crippen molar-refractivity contribution < 1.29 is 5.11 Å². The number of aliphatic hydroxyl groups excluding tert-OH is 1. The second-order valence-corrected chi connectivity index (χ2v) is 7.20. The average molecular weight is 454 g/mol. The van der Waals surface area contributed by atoms with Crippen LogP contribution in [0.5, 0.6) is 0 Å². The van der Waals surface area contributed by atoms with Gasteiger partial charge in [0.25, 0.3) is 0 Å². The van der Waals surface area contributed by atoms with E-state index in [4.69, 9.17) is 4.99 Å². The molecule has 1 atom stereocenters. The van der Waals surface area contributed by atoms with Crippen LogP contribution in [0.15, 0.2) is 4.99 Å². The van der Waals surface area contributed by atoms with Crippen LogP contribution in [0.25, 0.3) is 0 Å². The normalized spacial score (nSPS) is 18.3. The summed E-state index contributed by atoms with van der Waals surface area (Å²) in [7, 11) is 0. The van der Waals surface area contributed by atoms with Gasteiger partial charge in [-0.3, -0.25) is 4.99 Å². The Hall–Kier alpha value is -0.0800. The molecular weight excluding hydrogens is 415 g/mol. The van der Waals surface area contributed by atoms with Crippen molar-refractivity contribution in [2.24, 2.45) is 10.9 Å². The molecule has 144 valence electrons. The molecule has 1 heterocycles. The molecule has 0 aromatic rings. The molecule has 0 radical (unpaired) electrons. The molecule has 1 saturated heterocycles. The van der Waals surface area contributed by atoms with Gasteiger partial charge in [0.2, 0.25) is 0 Å². The van der Waals surface area contributed by atoms with Crippen LogP contribution in [0, 0.1) is 5.92 Å². The molecule has 6 heteroatoms. The van der Waals surface area contributed by atoms with Crippen molar-refractivity contribution in [3.8, 4) is 0 Å². The number of aliphatic imine (C=N–C) groups is 1. The van der Waals surface area contributed by atoms with Gasteiger partial charge in [-0.1, -0.05) is 13.8 Å². The molecule has 5 nitrogen and oxygen atoms in total. The summed E-state index contributed by atoms with van der Waals surface area (Å²) in [6.45, 7) is 13.8. The fraction of sp³-hybridized carbons (Fsp3) is 0.944. The monoisotopic (exact) mass is 454 g/mol. The highest BCUT2D eigenvalue weighted by Gasteiger charge is 2.16. The fourth-order valence-corrected chi connectivity index (χ4v) is 2.84. The van der Waals surface area contributed by atoms with Crippen LogP contribution >= 0.6 is 24.0 Å². The Kier molecular flexibility index (Phi) is 14.1. The lowest BCUT2D eigenvalue weighted by atomic mass is 10.0. The van der Waals surface area contributed by atoms with Crippen LogP contribution in [0.4, 0.5) is 0 Å². The number of guanidine groups is 1. The maximum absolute atomic E-state index is 9.53. The van der Waals surface area contributed by atoms with Gasteiger partial charge in [0, 0.05) is 32.2 Å². The Labute approximate surface area is 166 Å². The highest BCUT2D eigenvalue weighted by molar-refractivity contribution is 14.0. The number of nitrogens with zero attached hydrogens (tertiary/aromatic N) is 2. The Balaban J connectivity index is 0.00000529. The molecule has 0 spiro atoms. The third kappa shape index (κ3) is 11.5. The van der Waals surface area contributed by atoms with Crippen LogP contribution in [-0.2, 0) is 0 Å². The highest BCUT2D eigenvalue weighted by atomic mass is 127. The van der Waals surface area contributed by atoms with Crippen LogP contribution in [0.2, 0.25) is 0 Å². The van der Waals surface area contributed by atoms with Crippen molar-refractivity contribution in [3.05, 3.63) is 0 Å². The second kappa shape index (κ2) is 14.1. The number of nitrogens with one attached hydrogen (secondary N) is 2. The number of aliphatic hydroxyl groups is 1. The maximum atomic E-state index is 9.53. The van der Waals surface area contributed by atoms with Gasteiger partial charge in [-0.2, -0.15) is 0 Å². The van der Waals surface area contributed by atoms with Crippen molar-refractivity contribution in [1.29, 1.82) is 0 Å². The lowest BCUT2D eigenvalue weighted by Gasteiger charge is -2.29. The third-order valence-electron chi connectivity index (χ3n) is 4.36. The van der Waals surface area contributed by atoms with E-state index in [1.807, 2.05) is 0 Å². The van der Waals surface area contributed by atoms with Crippen molar-refractivity contribution in [3.63, 3.8) is 0 Å². The molecule has 1 unspecified atom stereocenters. The molecule has 1 fully saturated rings. The molecule has 0 aromatic heterocycles. The number of hydrogen-bond donors (Lipinski definition) is 3. The average Bonchev–Trinajstić information content (AvgIpc) is 2.51. The van der Waals surface area contributed by atoms with Gasteiger partial charge in [-0.05, 0) is 58.4 Å². The summed E-state index contributed by atoms with van der Waals surface area (Å²) in [6, 6.07) is 0.457. The fourth-order valence-electron chi connectivity index (χ4n) is 2.84. The topological polar surface area (TPSA) is 59.9 Å². The lowest BCUT2D eigenvalue weighted by molar-refractivity contribution is 0.0824. The smallest absolute Gasteiger partial charge is 0.191 e. The van der Waals surface area contributed by atoms with Crippen molar-refractivity contribution in [1.82, 2.24) is 15.5 Å². The minimum atomic E-state index is -0.0823. The summed E-state index contributed by atoms with van der Waals surface area (Å²) in [5.41, 5.74) is 0. The summed E-state index contributed by atoms with van der Waals surface area (Å²) in [5.74, 6) is 1.69. The Morgan fingerprint density at radius 3 is 2.46 bits per heavy atom. The minimum Gasteiger partial charge on any atom is -0.393 e. The van der Waals surface area contributed by atoms with E-state index in [0.717, 1.165) is 63.9 Å². The van der Waals surface area contributed by atoms with Gasteiger partial charge in [0.1, 0.15) is 0 Å². The first-order chi connectivity index (χ1) is 11.0. The number of rotatable bonds is 9. The van der Waals surface area contributed by atoms with Crippen molar-refractivity contribution in [2.75, 3.05) is 32.7 Å². The first kappa shape index (κ1) is 23.9. The Morgan fingerprint density at radius 2 is 1.88 bits per heavy atom. The van der Waals surface area contributed by atoms with E-state index in [2.05, 4.69) is 43.2 Å². The van der Waals surface area contributed by atoms with Crippen molar-refractivity contribution in [2.45, 2.75) is 71.9 Å². The standard InChI is InChI=1S/C18H38N4O.HI/c1-5-19-18(21-16(4)8-7-15(2)3)20-11-6-12-22-13-9-17(23)10-14-22;/h15-17,23H,5-14H2,1-4H3,(H2,19,20,21);1H. The zero-order chi connectivity index (χ0) is 17.1. The summed E-state index contributed by atoms with van der Waals surface area (Å²) in [5, 5.41) is 16.4. The molecule has 0 aromatic carbocycles. The third-order valence-corrected chi connectivity index (χ3v) is 4.36. The van der Waals surface area contributed by atoms with Gasteiger partial charge in [-0.15, -0.1) is 24.0 Å². The predicted molar refractivity (Wildman–Crippen MR) is 114 cm³/mol. The molecule has 0 saturated carbocycles. The molecule has 0 bridgehead atoms. The number of hydrogen-bond acceptors (Lipinski definition) is 3. The highest BCUT2D eigenvalue weighted by Crippen LogP contribution is 2.10. The molecule has 1 aliphatic heterocycles. The van der Waals surface area contributed by atoms with Crippen LogP contribution in [0.3, 0.4) is 0 Å². The minimum absolute atomic E-state index is 0. The number of piperidine rings is 1. The summed E-state index contributed by atoms with van der Waals surface area (Å²) >= 11 is 0. The Morgan fingerprint density at radius 1 is 1.21 bits per heavy atom. The lowest BCUT2D eigenvalue weighted by Crippen LogP contribution is -2.42. The molecule has 1 rings (SSSR count). The SMILES string of the molecule is CCNC(=NCCCN1CCC(O)CC1)NC(C)CCC(C)C.I. The van der Waals surface area contributed by atoms with E-state index in [0.29, 0.717) is 6.04 Å². The largest absolute Gasteiger partial charge is 0.393 e. The van der Waals surface area contributed by atoms with Gasteiger partial charge in [-0.25, -0.2) is 0 Å². The molecule has 0 amide bonds. The van der Waals surface area contributed by atoms with Crippen LogP contribution in [0.1, 0.15) is 59.8 Å². The van der Waals surface area contributed by atoms with E-state index < -0.39 is 0 Å². The summed E-state index contributed by atoms with van der Waals surface area (Å²) in [4.78, 5) is 7.14. The first-order valence-corrected chi connectivity index (χ1v) is 9.46. The number of likely N-dealkylation sites (tertiary alicyclic amines) is 1. The molecule has 0 aliphatic carbocycles. The maximum Gasteiger partial charge on any atom is 0.191 e. The zero-order valence-electron chi connectivity index (χ0n) is 16.1. The first-order valence-electron chi connectivity index (χ1n) is 9.46. The second-order valence-electron chi connectivity index (χ2n) is 7.20. The Bertz CT molecular complexity index is 331. The molecular formula is C18H39IN4O. The summed E-state index contributed by atoms with van der Waals surface area (Å²) in [6.07, 6.45) is 5.25. The van der Waals surface area contributed by atoms with Crippen molar-refractivity contribution >= 4 is 29.9 Å². The van der Waals surface area contributed by atoms with E-state index >= 15 is 0 Å². The van der Waals surface area contributed by atoms with Crippen LogP contribution < -0.4 is 10.6 Å². The van der Waals surface area contributed by atoms with Crippen LogP contribution in [-0.4, -0.2) is 60.8 Å². The molecule has 3 N–H and O–H groups in total. The quantitative estimate of drug-likeness (QED) is 0.217. The molecule has 24 heavy (non-hydrogen) atoms. The number of halogens is 1. The van der Waals surface area contributed by atoms with E-state index in [1.165, 1.54) is 12.8 Å². The van der Waals surface area contributed by atoms with Gasteiger partial charge < -0.3 is 20.6 Å². The van der Waals surface area contributed by atoms with E-state index in [-0.39, 0.29) is 30.1 Å². The van der Waals surface area contributed by atoms with E-state index in [1.54, 1.807) is 0 Å². The van der Waals surface area contributed by atoms with Gasteiger partial charge in [0.05, 0.1) is 6.10 Å². The summed E-state index contributed by atoms with van der Waals surface area (Å²) < 4.78 is 0. The van der Waals surface area contributed by atoms with Gasteiger partial charge >= 0.3 is 0 Å². The van der Waals surface area contributed by atoms with Gasteiger partial charge in [0.15, 0.2) is 5.96 Å².